The number of rotatable bonds is 7. The molecule has 0 spiro atoms. The van der Waals surface area contributed by atoms with E-state index in [1.165, 1.54) is 22.3 Å². The zero-order chi connectivity index (χ0) is 22.2. The predicted octanol–water partition coefficient (Wildman–Crippen LogP) is 3.14. The summed E-state index contributed by atoms with van der Waals surface area (Å²) in [4.78, 5) is 35.4. The number of hydrogen-bond acceptors (Lipinski definition) is 4. The molecule has 0 aromatic heterocycles. The van der Waals surface area contributed by atoms with Crippen molar-refractivity contribution in [2.24, 2.45) is 17.8 Å². The van der Waals surface area contributed by atoms with Crippen molar-refractivity contribution in [3.63, 3.8) is 0 Å². The Labute approximate surface area is 186 Å². The standard InChI is InChI=1S/C25H26N2O5/c28-23(27-16-9-14(10-16)24(29)30)21-11-15(21)12-26-25(31)32-13-22-19-7-3-1-5-17(19)18-6-2-4-8-20(18)22/h1-8,14-16,21-22H,9-13H2,(H,26,31)(H,27,28)(H,29,30)/t14?,15-,16?,21-/m1/s1. The summed E-state index contributed by atoms with van der Waals surface area (Å²) in [6.45, 7) is 0.665. The van der Waals surface area contributed by atoms with Crippen molar-refractivity contribution in [2.75, 3.05) is 13.2 Å². The SMILES string of the molecule is O=C(NC[C@H]1C[C@H]1C(=O)NC1CC(C(=O)O)C1)OCC1c2ccccc2-c2ccccc21. The fourth-order valence-corrected chi connectivity index (χ4v) is 4.90. The topological polar surface area (TPSA) is 105 Å². The monoisotopic (exact) mass is 434 g/mol. The number of fused-ring (bicyclic) bond motifs is 3. The molecule has 0 radical (unpaired) electrons. The lowest BCUT2D eigenvalue weighted by molar-refractivity contribution is -0.146. The molecule has 2 amide bonds. The molecule has 0 aliphatic heterocycles. The number of ether oxygens (including phenoxy) is 1. The van der Waals surface area contributed by atoms with Crippen LogP contribution in [0.1, 0.15) is 36.3 Å². The van der Waals surface area contributed by atoms with Crippen LogP contribution in [0, 0.1) is 17.8 Å². The van der Waals surface area contributed by atoms with Crippen LogP contribution in [0.25, 0.3) is 11.1 Å². The minimum Gasteiger partial charge on any atom is -0.481 e. The van der Waals surface area contributed by atoms with Gasteiger partial charge in [0.2, 0.25) is 5.91 Å². The molecule has 2 aromatic carbocycles. The first kappa shape index (κ1) is 20.5. The lowest BCUT2D eigenvalue weighted by Crippen LogP contribution is -2.47. The molecule has 0 heterocycles. The highest BCUT2D eigenvalue weighted by Gasteiger charge is 2.45. The first-order chi connectivity index (χ1) is 15.5. The number of carbonyl (C=O) groups is 3. The number of nitrogens with one attached hydrogen (secondary N) is 2. The van der Waals surface area contributed by atoms with Crippen molar-refractivity contribution in [3.05, 3.63) is 59.7 Å². The van der Waals surface area contributed by atoms with Crippen molar-refractivity contribution < 1.29 is 24.2 Å². The highest BCUT2D eigenvalue weighted by molar-refractivity contribution is 5.82. The molecule has 5 rings (SSSR count). The lowest BCUT2D eigenvalue weighted by Gasteiger charge is -2.32. The van der Waals surface area contributed by atoms with E-state index in [4.69, 9.17) is 9.84 Å². The fraction of sp³-hybridized carbons (Fsp3) is 0.400. The summed E-state index contributed by atoms with van der Waals surface area (Å²) >= 11 is 0. The number of carbonyl (C=O) groups excluding carboxylic acids is 2. The predicted molar refractivity (Wildman–Crippen MR) is 117 cm³/mol. The maximum Gasteiger partial charge on any atom is 0.407 e. The number of hydrogen-bond donors (Lipinski definition) is 3. The molecule has 0 saturated heterocycles. The van der Waals surface area contributed by atoms with Gasteiger partial charge in [-0.3, -0.25) is 9.59 Å². The minimum absolute atomic E-state index is 0.0182. The number of aliphatic carboxylic acids is 1. The number of carboxylic acids is 1. The Bertz CT molecular complexity index is 1020. The Kier molecular flexibility index (Phi) is 5.33. The average molecular weight is 434 g/mol. The van der Waals surface area contributed by atoms with Crippen molar-refractivity contribution in [1.29, 1.82) is 0 Å². The second-order valence-corrected chi connectivity index (χ2v) is 9.02. The van der Waals surface area contributed by atoms with E-state index in [0.29, 0.717) is 19.4 Å². The van der Waals surface area contributed by atoms with E-state index in [-0.39, 0.29) is 42.2 Å². The van der Waals surface area contributed by atoms with Gasteiger partial charge in [-0.1, -0.05) is 48.5 Å². The van der Waals surface area contributed by atoms with Crippen LogP contribution < -0.4 is 10.6 Å². The molecule has 32 heavy (non-hydrogen) atoms. The number of benzene rings is 2. The summed E-state index contributed by atoms with van der Waals surface area (Å²) in [5.74, 6) is -1.18. The molecule has 3 aliphatic rings. The van der Waals surface area contributed by atoms with Crippen LogP contribution in [0.3, 0.4) is 0 Å². The lowest BCUT2D eigenvalue weighted by atomic mass is 9.80. The van der Waals surface area contributed by atoms with Gasteiger partial charge < -0.3 is 20.5 Å². The first-order valence-electron chi connectivity index (χ1n) is 11.1. The van der Waals surface area contributed by atoms with Crippen LogP contribution in [0.5, 0.6) is 0 Å². The molecule has 2 aromatic rings. The summed E-state index contributed by atoms with van der Waals surface area (Å²) in [5, 5.41) is 14.6. The van der Waals surface area contributed by atoms with Gasteiger partial charge in [0.1, 0.15) is 6.61 Å². The summed E-state index contributed by atoms with van der Waals surface area (Å²) in [6.07, 6.45) is 1.25. The average Bonchev–Trinajstić information content (AvgIpc) is 3.48. The van der Waals surface area contributed by atoms with Gasteiger partial charge in [0, 0.05) is 24.4 Å². The molecule has 3 aliphatic carbocycles. The third-order valence-corrected chi connectivity index (χ3v) is 6.95. The highest BCUT2D eigenvalue weighted by atomic mass is 16.5. The molecule has 2 atom stereocenters. The second kappa shape index (κ2) is 8.30. The largest absolute Gasteiger partial charge is 0.481 e. The Hall–Kier alpha value is -3.35. The first-order valence-corrected chi connectivity index (χ1v) is 11.1. The number of alkyl carbamates (subject to hydrolysis) is 1. The molecule has 2 fully saturated rings. The van der Waals surface area contributed by atoms with E-state index in [1.807, 2.05) is 24.3 Å². The van der Waals surface area contributed by atoms with Crippen molar-refractivity contribution in [2.45, 2.75) is 31.2 Å². The van der Waals surface area contributed by atoms with E-state index in [1.54, 1.807) is 0 Å². The smallest absolute Gasteiger partial charge is 0.407 e. The van der Waals surface area contributed by atoms with Crippen molar-refractivity contribution >= 4 is 18.0 Å². The van der Waals surface area contributed by atoms with Crippen LogP contribution in [0.15, 0.2) is 48.5 Å². The van der Waals surface area contributed by atoms with E-state index in [0.717, 1.165) is 6.42 Å². The Morgan fingerprint density at radius 1 is 0.938 bits per heavy atom. The maximum atomic E-state index is 12.3. The normalized spacial score (nSPS) is 25.1. The van der Waals surface area contributed by atoms with Gasteiger partial charge in [-0.05, 0) is 47.4 Å². The Balaban J connectivity index is 1.07. The van der Waals surface area contributed by atoms with Gasteiger partial charge >= 0.3 is 12.1 Å². The van der Waals surface area contributed by atoms with Crippen LogP contribution in [0.2, 0.25) is 0 Å². The van der Waals surface area contributed by atoms with Gasteiger partial charge in [0.15, 0.2) is 0 Å². The zero-order valence-electron chi connectivity index (χ0n) is 17.6. The summed E-state index contributed by atoms with van der Waals surface area (Å²) in [6, 6.07) is 16.3. The third-order valence-electron chi connectivity index (χ3n) is 6.95. The zero-order valence-corrected chi connectivity index (χ0v) is 17.6. The van der Waals surface area contributed by atoms with Crippen LogP contribution in [-0.2, 0) is 14.3 Å². The summed E-state index contributed by atoms with van der Waals surface area (Å²) in [5.41, 5.74) is 4.71. The van der Waals surface area contributed by atoms with Crippen molar-refractivity contribution in [1.82, 2.24) is 10.6 Å². The quantitative estimate of drug-likeness (QED) is 0.621. The van der Waals surface area contributed by atoms with Gasteiger partial charge in [-0.2, -0.15) is 0 Å². The summed E-state index contributed by atoms with van der Waals surface area (Å²) in [7, 11) is 0. The maximum absolute atomic E-state index is 12.3. The van der Waals surface area contributed by atoms with E-state index >= 15 is 0 Å². The number of carboxylic acid groups (broad SMARTS) is 1. The van der Waals surface area contributed by atoms with Gasteiger partial charge in [-0.25, -0.2) is 4.79 Å². The van der Waals surface area contributed by atoms with E-state index in [2.05, 4.69) is 34.9 Å². The van der Waals surface area contributed by atoms with E-state index < -0.39 is 12.1 Å². The molecule has 2 saturated carbocycles. The molecule has 3 N–H and O–H groups in total. The fourth-order valence-electron chi connectivity index (χ4n) is 4.90. The minimum atomic E-state index is -0.799. The van der Waals surface area contributed by atoms with Crippen LogP contribution >= 0.6 is 0 Å². The Morgan fingerprint density at radius 2 is 1.56 bits per heavy atom. The molecule has 0 unspecified atom stereocenters. The molecule has 0 bridgehead atoms. The van der Waals surface area contributed by atoms with E-state index in [9.17, 15) is 14.4 Å². The second-order valence-electron chi connectivity index (χ2n) is 9.02. The van der Waals surface area contributed by atoms with Crippen molar-refractivity contribution in [3.8, 4) is 11.1 Å². The summed E-state index contributed by atoms with van der Waals surface area (Å²) < 4.78 is 5.53. The molecule has 7 heteroatoms. The molecular weight excluding hydrogens is 408 g/mol. The van der Waals surface area contributed by atoms with Gasteiger partial charge in [-0.15, -0.1) is 0 Å². The van der Waals surface area contributed by atoms with Crippen LogP contribution in [0.4, 0.5) is 4.79 Å². The van der Waals surface area contributed by atoms with Gasteiger partial charge in [0.25, 0.3) is 0 Å². The molecule has 7 nitrogen and oxygen atoms in total. The van der Waals surface area contributed by atoms with Crippen LogP contribution in [-0.4, -0.2) is 42.3 Å². The van der Waals surface area contributed by atoms with Gasteiger partial charge in [0.05, 0.1) is 5.92 Å². The third kappa shape index (κ3) is 3.95. The number of amides is 2. The molecule has 166 valence electrons. The Morgan fingerprint density at radius 3 is 2.19 bits per heavy atom. The molecular formula is C25H26N2O5. The highest BCUT2D eigenvalue weighted by Crippen LogP contribution is 2.44.